The van der Waals surface area contributed by atoms with Crippen LogP contribution in [0.25, 0.3) is 0 Å². The Morgan fingerprint density at radius 3 is 3.14 bits per heavy atom. The predicted octanol–water partition coefficient (Wildman–Crippen LogP) is 2.11. The van der Waals surface area contributed by atoms with Gasteiger partial charge in [-0.25, -0.2) is 4.39 Å². The Labute approximate surface area is 82.8 Å². The lowest BCUT2D eigenvalue weighted by Gasteiger charge is -2.26. The number of aliphatic hydroxyl groups is 1. The second-order valence-electron chi connectivity index (χ2n) is 3.63. The van der Waals surface area contributed by atoms with E-state index in [-0.39, 0.29) is 12.4 Å². The lowest BCUT2D eigenvalue weighted by atomic mass is 9.88. The molecule has 2 N–H and O–H groups in total. The van der Waals surface area contributed by atoms with Gasteiger partial charge in [0.2, 0.25) is 0 Å². The SMILES string of the molecule is OCCC1CCNc2c(F)cccc21. The van der Waals surface area contributed by atoms with E-state index >= 15 is 0 Å². The standard InChI is InChI=1S/C11H14FNO/c12-10-3-1-2-9-8(5-7-14)4-6-13-11(9)10/h1-3,8,13-14H,4-7H2. The van der Waals surface area contributed by atoms with Crippen LogP contribution in [0.5, 0.6) is 0 Å². The average molecular weight is 195 g/mol. The molecule has 0 amide bonds. The van der Waals surface area contributed by atoms with Crippen LogP contribution in [0.1, 0.15) is 24.3 Å². The first kappa shape index (κ1) is 9.46. The van der Waals surface area contributed by atoms with Gasteiger partial charge in [-0.05, 0) is 30.4 Å². The van der Waals surface area contributed by atoms with Gasteiger partial charge in [0.15, 0.2) is 0 Å². The molecule has 0 bridgehead atoms. The number of anilines is 1. The first-order valence-corrected chi connectivity index (χ1v) is 4.96. The van der Waals surface area contributed by atoms with Gasteiger partial charge in [-0.2, -0.15) is 0 Å². The van der Waals surface area contributed by atoms with Gasteiger partial charge in [-0.15, -0.1) is 0 Å². The Morgan fingerprint density at radius 2 is 2.36 bits per heavy atom. The van der Waals surface area contributed by atoms with Crippen LogP contribution in [0.15, 0.2) is 18.2 Å². The summed E-state index contributed by atoms with van der Waals surface area (Å²) in [5.74, 6) is 0.108. The number of aliphatic hydroxyl groups excluding tert-OH is 1. The number of hydrogen-bond acceptors (Lipinski definition) is 2. The van der Waals surface area contributed by atoms with E-state index in [0.29, 0.717) is 11.6 Å². The van der Waals surface area contributed by atoms with Gasteiger partial charge in [0.1, 0.15) is 5.82 Å². The van der Waals surface area contributed by atoms with E-state index in [4.69, 9.17) is 5.11 Å². The Balaban J connectivity index is 2.34. The van der Waals surface area contributed by atoms with Crippen LogP contribution in [-0.2, 0) is 0 Å². The first-order chi connectivity index (χ1) is 6.83. The van der Waals surface area contributed by atoms with Crippen LogP contribution in [-0.4, -0.2) is 18.3 Å². The molecular weight excluding hydrogens is 181 g/mol. The maximum Gasteiger partial charge on any atom is 0.146 e. The largest absolute Gasteiger partial charge is 0.396 e. The third kappa shape index (κ3) is 1.60. The third-order valence-electron chi connectivity index (χ3n) is 2.76. The van der Waals surface area contributed by atoms with Gasteiger partial charge in [0.25, 0.3) is 0 Å². The van der Waals surface area contributed by atoms with Crippen molar-refractivity contribution in [3.8, 4) is 0 Å². The fourth-order valence-electron chi connectivity index (χ4n) is 2.05. The molecule has 76 valence electrons. The molecule has 1 atom stereocenters. The highest BCUT2D eigenvalue weighted by Gasteiger charge is 2.21. The lowest BCUT2D eigenvalue weighted by Crippen LogP contribution is -2.18. The molecule has 2 nitrogen and oxygen atoms in total. The van der Waals surface area contributed by atoms with E-state index in [9.17, 15) is 4.39 Å². The fourth-order valence-corrected chi connectivity index (χ4v) is 2.05. The minimum Gasteiger partial charge on any atom is -0.396 e. The number of para-hydroxylation sites is 1. The highest BCUT2D eigenvalue weighted by Crippen LogP contribution is 2.34. The summed E-state index contributed by atoms with van der Waals surface area (Å²) in [6, 6.07) is 5.13. The molecule has 3 heteroatoms. The predicted molar refractivity (Wildman–Crippen MR) is 54.0 cm³/mol. The summed E-state index contributed by atoms with van der Waals surface area (Å²) in [5.41, 5.74) is 1.63. The molecule has 1 unspecified atom stereocenters. The molecule has 0 spiro atoms. The van der Waals surface area contributed by atoms with Crippen LogP contribution in [0, 0.1) is 5.82 Å². The fraction of sp³-hybridized carbons (Fsp3) is 0.455. The van der Waals surface area contributed by atoms with Gasteiger partial charge >= 0.3 is 0 Å². The molecule has 1 aliphatic heterocycles. The molecule has 0 radical (unpaired) electrons. The highest BCUT2D eigenvalue weighted by molar-refractivity contribution is 5.55. The zero-order valence-electron chi connectivity index (χ0n) is 7.96. The maximum absolute atomic E-state index is 13.4. The van der Waals surface area contributed by atoms with Crippen molar-refractivity contribution in [3.05, 3.63) is 29.6 Å². The lowest BCUT2D eigenvalue weighted by molar-refractivity contribution is 0.272. The number of hydrogen-bond donors (Lipinski definition) is 2. The molecule has 2 rings (SSSR count). The van der Waals surface area contributed by atoms with Crippen LogP contribution < -0.4 is 5.32 Å². The number of nitrogens with one attached hydrogen (secondary N) is 1. The second-order valence-corrected chi connectivity index (χ2v) is 3.63. The van der Waals surface area contributed by atoms with Crippen LogP contribution >= 0.6 is 0 Å². The molecule has 14 heavy (non-hydrogen) atoms. The molecule has 1 aliphatic rings. The van der Waals surface area contributed by atoms with Crippen LogP contribution in [0.4, 0.5) is 10.1 Å². The van der Waals surface area contributed by atoms with Crippen molar-refractivity contribution in [2.75, 3.05) is 18.5 Å². The van der Waals surface area contributed by atoms with Crippen molar-refractivity contribution in [2.24, 2.45) is 0 Å². The van der Waals surface area contributed by atoms with Crippen LogP contribution in [0.2, 0.25) is 0 Å². The summed E-state index contributed by atoms with van der Waals surface area (Å²) in [6.07, 6.45) is 1.69. The highest BCUT2D eigenvalue weighted by atomic mass is 19.1. The van der Waals surface area contributed by atoms with Gasteiger partial charge < -0.3 is 10.4 Å². The molecule has 1 heterocycles. The summed E-state index contributed by atoms with van der Waals surface area (Å²) in [6.45, 7) is 0.958. The topological polar surface area (TPSA) is 32.3 Å². The van der Waals surface area contributed by atoms with Crippen molar-refractivity contribution in [1.82, 2.24) is 0 Å². The van der Waals surface area contributed by atoms with Crippen molar-refractivity contribution in [1.29, 1.82) is 0 Å². The number of halogens is 1. The van der Waals surface area contributed by atoms with Gasteiger partial charge in [-0.3, -0.25) is 0 Å². The number of benzene rings is 1. The Kier molecular flexibility index (Phi) is 2.68. The number of fused-ring (bicyclic) bond motifs is 1. The van der Waals surface area contributed by atoms with E-state index in [0.717, 1.165) is 24.9 Å². The monoisotopic (exact) mass is 195 g/mol. The summed E-state index contributed by atoms with van der Waals surface area (Å²) >= 11 is 0. The molecular formula is C11H14FNO. The summed E-state index contributed by atoms with van der Waals surface area (Å²) in [5, 5.41) is 12.0. The normalized spacial score (nSPS) is 20.0. The minimum absolute atomic E-state index is 0.167. The zero-order valence-corrected chi connectivity index (χ0v) is 7.96. The molecule has 0 saturated carbocycles. The first-order valence-electron chi connectivity index (χ1n) is 4.96. The third-order valence-corrected chi connectivity index (χ3v) is 2.76. The quantitative estimate of drug-likeness (QED) is 0.757. The smallest absolute Gasteiger partial charge is 0.146 e. The molecule has 0 saturated heterocycles. The summed E-state index contributed by atoms with van der Waals surface area (Å²) < 4.78 is 13.4. The van der Waals surface area contributed by atoms with E-state index in [1.165, 1.54) is 6.07 Å². The average Bonchev–Trinajstić information content (AvgIpc) is 2.20. The second kappa shape index (κ2) is 3.96. The molecule has 0 aliphatic carbocycles. The van der Waals surface area contributed by atoms with Crippen molar-refractivity contribution >= 4 is 5.69 Å². The molecule has 0 fully saturated rings. The van der Waals surface area contributed by atoms with Gasteiger partial charge in [0.05, 0.1) is 5.69 Å². The maximum atomic E-state index is 13.4. The van der Waals surface area contributed by atoms with Crippen LogP contribution in [0.3, 0.4) is 0 Å². The Morgan fingerprint density at radius 1 is 1.50 bits per heavy atom. The van der Waals surface area contributed by atoms with E-state index < -0.39 is 0 Å². The van der Waals surface area contributed by atoms with Gasteiger partial charge in [-0.1, -0.05) is 12.1 Å². The Hall–Kier alpha value is -1.09. The zero-order chi connectivity index (χ0) is 9.97. The Bertz CT molecular complexity index is 327. The summed E-state index contributed by atoms with van der Waals surface area (Å²) in [4.78, 5) is 0. The summed E-state index contributed by atoms with van der Waals surface area (Å²) in [7, 11) is 0. The van der Waals surface area contributed by atoms with E-state index in [1.807, 2.05) is 6.07 Å². The van der Waals surface area contributed by atoms with Crippen molar-refractivity contribution in [3.63, 3.8) is 0 Å². The van der Waals surface area contributed by atoms with Gasteiger partial charge in [0, 0.05) is 13.2 Å². The minimum atomic E-state index is -0.190. The van der Waals surface area contributed by atoms with Crippen molar-refractivity contribution < 1.29 is 9.50 Å². The van der Waals surface area contributed by atoms with E-state index in [2.05, 4.69) is 5.32 Å². The number of rotatable bonds is 2. The van der Waals surface area contributed by atoms with E-state index in [1.54, 1.807) is 6.07 Å². The van der Waals surface area contributed by atoms with Crippen molar-refractivity contribution in [2.45, 2.75) is 18.8 Å². The molecule has 0 aromatic heterocycles. The molecule has 1 aromatic carbocycles. The molecule has 1 aromatic rings.